The molecule has 1 aromatic heterocycles. The predicted molar refractivity (Wildman–Crippen MR) is 88.6 cm³/mol. The summed E-state index contributed by atoms with van der Waals surface area (Å²) in [5.41, 5.74) is 1.23. The Kier molecular flexibility index (Phi) is 5.27. The Balaban J connectivity index is 1.44. The Morgan fingerprint density at radius 3 is 3.05 bits per heavy atom. The summed E-state index contributed by atoms with van der Waals surface area (Å²) in [4.78, 5) is 9.81. The molecule has 1 unspecified atom stereocenters. The first kappa shape index (κ1) is 15.4. The lowest BCUT2D eigenvalue weighted by Gasteiger charge is -2.27. The summed E-state index contributed by atoms with van der Waals surface area (Å²) in [5.74, 6) is 0. The topological polar surface area (TPSA) is 31.4 Å². The molecule has 1 atom stereocenters. The molecule has 0 amide bonds. The van der Waals surface area contributed by atoms with Gasteiger partial charge in [-0.15, -0.1) is 11.3 Å². The van der Waals surface area contributed by atoms with Crippen LogP contribution in [0.15, 0.2) is 5.38 Å². The van der Waals surface area contributed by atoms with E-state index < -0.39 is 0 Å². The van der Waals surface area contributed by atoms with Gasteiger partial charge in [0.2, 0.25) is 0 Å². The molecule has 1 saturated carbocycles. The van der Waals surface area contributed by atoms with Crippen molar-refractivity contribution in [2.75, 3.05) is 26.7 Å². The molecule has 2 aliphatic rings. The molecule has 1 aromatic rings. The fraction of sp³-hybridized carbons (Fsp3) is 0.812. The van der Waals surface area contributed by atoms with Gasteiger partial charge in [0.05, 0.1) is 5.69 Å². The van der Waals surface area contributed by atoms with Crippen LogP contribution in [0.1, 0.15) is 43.3 Å². The monoisotopic (exact) mass is 308 g/mol. The number of likely N-dealkylation sites (tertiary alicyclic amines) is 1. The van der Waals surface area contributed by atoms with E-state index in [1.54, 1.807) is 11.3 Å². The molecule has 118 valence electrons. The Hall–Kier alpha value is -0.490. The van der Waals surface area contributed by atoms with Crippen LogP contribution in [0.3, 0.4) is 0 Å². The maximum absolute atomic E-state index is 4.76. The molecule has 3 rings (SSSR count). The highest BCUT2D eigenvalue weighted by Crippen LogP contribution is 2.21. The van der Waals surface area contributed by atoms with E-state index >= 15 is 0 Å². The molecule has 1 aliphatic heterocycles. The van der Waals surface area contributed by atoms with Crippen LogP contribution in [-0.2, 0) is 13.1 Å². The fourth-order valence-electron chi connectivity index (χ4n) is 3.24. The van der Waals surface area contributed by atoms with E-state index in [2.05, 4.69) is 34.5 Å². The van der Waals surface area contributed by atoms with Gasteiger partial charge in [-0.25, -0.2) is 4.98 Å². The molecule has 4 nitrogen and oxygen atoms in total. The molecule has 1 N–H and O–H groups in total. The highest BCUT2D eigenvalue weighted by Gasteiger charge is 2.24. The molecular formula is C16H28N4S. The summed E-state index contributed by atoms with van der Waals surface area (Å²) in [5, 5.41) is 7.01. The summed E-state index contributed by atoms with van der Waals surface area (Å²) < 4.78 is 0. The van der Waals surface area contributed by atoms with E-state index in [-0.39, 0.29) is 0 Å². The number of rotatable bonds is 8. The predicted octanol–water partition coefficient (Wildman–Crippen LogP) is 2.31. The Labute approximate surface area is 132 Å². The van der Waals surface area contributed by atoms with Crippen molar-refractivity contribution in [1.82, 2.24) is 20.1 Å². The number of aromatic nitrogens is 1. The van der Waals surface area contributed by atoms with Crippen molar-refractivity contribution >= 4 is 11.3 Å². The van der Waals surface area contributed by atoms with E-state index in [9.17, 15) is 0 Å². The van der Waals surface area contributed by atoms with Gasteiger partial charge >= 0.3 is 0 Å². The molecule has 0 spiro atoms. The minimum atomic E-state index is 0.745. The third kappa shape index (κ3) is 4.49. The summed E-state index contributed by atoms with van der Waals surface area (Å²) >= 11 is 1.80. The number of likely N-dealkylation sites (N-methyl/N-ethyl adjacent to an activating group) is 2. The van der Waals surface area contributed by atoms with Gasteiger partial charge < -0.3 is 5.32 Å². The lowest BCUT2D eigenvalue weighted by molar-refractivity contribution is 0.194. The van der Waals surface area contributed by atoms with Crippen LogP contribution in [-0.4, -0.2) is 53.5 Å². The Bertz CT molecular complexity index is 443. The third-order valence-corrected chi connectivity index (χ3v) is 5.48. The smallest absolute Gasteiger partial charge is 0.107 e. The van der Waals surface area contributed by atoms with Gasteiger partial charge in [0.15, 0.2) is 0 Å². The summed E-state index contributed by atoms with van der Waals surface area (Å²) in [6.45, 7) is 7.84. The minimum Gasteiger partial charge on any atom is -0.308 e. The number of nitrogens with zero attached hydrogens (tertiary/aromatic N) is 3. The molecule has 0 bridgehead atoms. The van der Waals surface area contributed by atoms with Crippen molar-refractivity contribution < 1.29 is 0 Å². The SMILES string of the molecule is CCN1CCCC1CN(C)Cc1csc(CNC2CC2)n1. The second kappa shape index (κ2) is 7.18. The van der Waals surface area contributed by atoms with Gasteiger partial charge in [0.1, 0.15) is 5.01 Å². The van der Waals surface area contributed by atoms with Crippen molar-refractivity contribution in [2.24, 2.45) is 0 Å². The van der Waals surface area contributed by atoms with E-state index in [4.69, 9.17) is 4.98 Å². The van der Waals surface area contributed by atoms with Crippen LogP contribution in [0.2, 0.25) is 0 Å². The highest BCUT2D eigenvalue weighted by atomic mass is 32.1. The van der Waals surface area contributed by atoms with E-state index in [1.807, 2.05) is 0 Å². The van der Waals surface area contributed by atoms with Crippen LogP contribution in [0.4, 0.5) is 0 Å². The molecule has 1 aliphatic carbocycles. The van der Waals surface area contributed by atoms with Crippen molar-refractivity contribution in [2.45, 2.75) is 57.8 Å². The van der Waals surface area contributed by atoms with Crippen molar-refractivity contribution in [1.29, 1.82) is 0 Å². The largest absolute Gasteiger partial charge is 0.308 e. The van der Waals surface area contributed by atoms with Gasteiger partial charge in [-0.3, -0.25) is 9.80 Å². The zero-order chi connectivity index (χ0) is 14.7. The zero-order valence-electron chi connectivity index (χ0n) is 13.3. The first-order chi connectivity index (χ1) is 10.2. The number of nitrogens with one attached hydrogen (secondary N) is 1. The van der Waals surface area contributed by atoms with Gasteiger partial charge in [-0.2, -0.15) is 0 Å². The van der Waals surface area contributed by atoms with Gasteiger partial charge in [0, 0.05) is 37.1 Å². The molecule has 21 heavy (non-hydrogen) atoms. The maximum atomic E-state index is 4.76. The molecule has 1 saturated heterocycles. The van der Waals surface area contributed by atoms with Crippen LogP contribution in [0.25, 0.3) is 0 Å². The standard InChI is InChI=1S/C16H28N4S/c1-3-20-8-4-5-15(20)11-19(2)10-14-12-21-16(18-14)9-17-13-6-7-13/h12-13,15,17H,3-11H2,1-2H3. The fourth-order valence-corrected chi connectivity index (χ4v) is 3.98. The number of thiazole rings is 1. The second-order valence-electron chi connectivity index (χ2n) is 6.51. The van der Waals surface area contributed by atoms with E-state index in [1.165, 1.54) is 56.0 Å². The van der Waals surface area contributed by atoms with Crippen LogP contribution >= 0.6 is 11.3 Å². The van der Waals surface area contributed by atoms with Gasteiger partial charge in [0.25, 0.3) is 0 Å². The van der Waals surface area contributed by atoms with Gasteiger partial charge in [-0.05, 0) is 45.8 Å². The van der Waals surface area contributed by atoms with Crippen molar-refractivity contribution in [3.8, 4) is 0 Å². The van der Waals surface area contributed by atoms with Gasteiger partial charge in [-0.1, -0.05) is 6.92 Å². The van der Waals surface area contributed by atoms with Crippen LogP contribution < -0.4 is 5.32 Å². The van der Waals surface area contributed by atoms with E-state index in [0.29, 0.717) is 0 Å². The lowest BCUT2D eigenvalue weighted by atomic mass is 10.2. The lowest BCUT2D eigenvalue weighted by Crippen LogP contribution is -2.38. The maximum Gasteiger partial charge on any atom is 0.107 e. The van der Waals surface area contributed by atoms with Crippen LogP contribution in [0, 0.1) is 0 Å². The first-order valence-electron chi connectivity index (χ1n) is 8.34. The van der Waals surface area contributed by atoms with Crippen LogP contribution in [0.5, 0.6) is 0 Å². The van der Waals surface area contributed by atoms with Crippen molar-refractivity contribution in [3.05, 3.63) is 16.1 Å². The normalized spacial score (nSPS) is 23.3. The summed E-state index contributed by atoms with van der Waals surface area (Å²) in [6.07, 6.45) is 5.40. The minimum absolute atomic E-state index is 0.745. The molecule has 2 heterocycles. The first-order valence-corrected chi connectivity index (χ1v) is 9.22. The van der Waals surface area contributed by atoms with Crippen molar-refractivity contribution in [3.63, 3.8) is 0 Å². The highest BCUT2D eigenvalue weighted by molar-refractivity contribution is 7.09. The Morgan fingerprint density at radius 1 is 1.43 bits per heavy atom. The number of hydrogen-bond donors (Lipinski definition) is 1. The Morgan fingerprint density at radius 2 is 2.29 bits per heavy atom. The average Bonchev–Trinajstić information content (AvgIpc) is 3.02. The summed E-state index contributed by atoms with van der Waals surface area (Å²) in [6, 6.07) is 1.51. The quantitative estimate of drug-likeness (QED) is 0.798. The third-order valence-electron chi connectivity index (χ3n) is 4.58. The summed E-state index contributed by atoms with van der Waals surface area (Å²) in [7, 11) is 2.23. The second-order valence-corrected chi connectivity index (χ2v) is 7.45. The molecule has 2 fully saturated rings. The molecule has 0 radical (unpaired) electrons. The van der Waals surface area contributed by atoms with E-state index in [0.717, 1.165) is 25.2 Å². The molecule has 0 aromatic carbocycles. The average molecular weight is 308 g/mol. The number of hydrogen-bond acceptors (Lipinski definition) is 5. The molecule has 5 heteroatoms. The zero-order valence-corrected chi connectivity index (χ0v) is 14.2. The molecular weight excluding hydrogens is 280 g/mol.